The van der Waals surface area contributed by atoms with Crippen molar-refractivity contribution in [3.8, 4) is 0 Å². The highest BCUT2D eigenvalue weighted by Crippen LogP contribution is 2.27. The van der Waals surface area contributed by atoms with Gasteiger partial charge in [-0.2, -0.15) is 0 Å². The third-order valence-corrected chi connectivity index (χ3v) is 3.43. The number of carboxylic acid groups (broad SMARTS) is 1. The quantitative estimate of drug-likeness (QED) is 0.627. The van der Waals surface area contributed by atoms with Crippen LogP contribution in [0.2, 0.25) is 0 Å². The third kappa shape index (κ3) is 3.14. The number of nitrogen functional groups attached to an aromatic ring is 1. The van der Waals surface area contributed by atoms with Gasteiger partial charge in [-0.05, 0) is 37.8 Å². The lowest BCUT2D eigenvalue weighted by Crippen LogP contribution is -2.28. The molecule has 1 aromatic rings. The fourth-order valence-corrected chi connectivity index (χ4v) is 2.32. The summed E-state index contributed by atoms with van der Waals surface area (Å²) in [6, 6.07) is 2.36. The molecular formula is C13H17FN2O3. The zero-order valence-electron chi connectivity index (χ0n) is 10.4. The maximum Gasteiger partial charge on any atom is 0.338 e. The second-order valence-corrected chi connectivity index (χ2v) is 4.87. The van der Waals surface area contributed by atoms with Crippen molar-refractivity contribution in [1.82, 2.24) is 0 Å². The van der Waals surface area contributed by atoms with Crippen molar-refractivity contribution in [2.45, 2.75) is 37.8 Å². The van der Waals surface area contributed by atoms with Crippen molar-refractivity contribution < 1.29 is 19.4 Å². The second kappa shape index (κ2) is 5.44. The van der Waals surface area contributed by atoms with Gasteiger partial charge >= 0.3 is 5.97 Å². The monoisotopic (exact) mass is 268 g/mol. The Morgan fingerprint density at radius 2 is 1.95 bits per heavy atom. The molecule has 0 atom stereocenters. The van der Waals surface area contributed by atoms with Crippen LogP contribution in [0.1, 0.15) is 36.0 Å². The summed E-state index contributed by atoms with van der Waals surface area (Å²) in [7, 11) is 0. The molecule has 1 aliphatic rings. The lowest BCUT2D eigenvalue weighted by atomic mass is 9.93. The minimum Gasteiger partial charge on any atom is -0.478 e. The molecule has 0 heterocycles. The van der Waals surface area contributed by atoms with Crippen molar-refractivity contribution in [3.05, 3.63) is 23.5 Å². The number of nitrogens with two attached hydrogens (primary N) is 1. The van der Waals surface area contributed by atoms with Gasteiger partial charge in [-0.15, -0.1) is 0 Å². The molecule has 0 amide bonds. The van der Waals surface area contributed by atoms with Crippen LogP contribution in [0.3, 0.4) is 0 Å². The molecule has 5 N–H and O–H groups in total. The molecule has 0 bridgehead atoms. The zero-order valence-corrected chi connectivity index (χ0v) is 10.4. The molecule has 0 unspecified atom stereocenters. The van der Waals surface area contributed by atoms with Crippen LogP contribution < -0.4 is 11.1 Å². The molecule has 0 saturated heterocycles. The highest BCUT2D eigenvalue weighted by molar-refractivity contribution is 5.90. The van der Waals surface area contributed by atoms with Crippen LogP contribution in [0.15, 0.2) is 12.1 Å². The lowest BCUT2D eigenvalue weighted by molar-refractivity contribution is 0.0692. The van der Waals surface area contributed by atoms with Crippen LogP contribution in [-0.2, 0) is 0 Å². The summed E-state index contributed by atoms with van der Waals surface area (Å²) >= 11 is 0. The molecular weight excluding hydrogens is 251 g/mol. The van der Waals surface area contributed by atoms with Crippen LogP contribution in [0.4, 0.5) is 15.8 Å². The average molecular weight is 268 g/mol. The first-order chi connectivity index (χ1) is 8.97. The number of aliphatic hydroxyl groups is 1. The van der Waals surface area contributed by atoms with Gasteiger partial charge in [-0.3, -0.25) is 0 Å². The molecule has 104 valence electrons. The molecule has 1 fully saturated rings. The molecule has 0 radical (unpaired) electrons. The van der Waals surface area contributed by atoms with E-state index < -0.39 is 17.3 Å². The van der Waals surface area contributed by atoms with Gasteiger partial charge in [0.1, 0.15) is 5.82 Å². The van der Waals surface area contributed by atoms with Crippen molar-refractivity contribution in [1.29, 1.82) is 0 Å². The molecule has 1 saturated carbocycles. The highest BCUT2D eigenvalue weighted by Gasteiger charge is 2.21. The van der Waals surface area contributed by atoms with Gasteiger partial charge in [0, 0.05) is 6.04 Å². The lowest BCUT2D eigenvalue weighted by Gasteiger charge is -2.27. The van der Waals surface area contributed by atoms with E-state index in [4.69, 9.17) is 10.8 Å². The normalized spacial score (nSPS) is 23.1. The van der Waals surface area contributed by atoms with E-state index in [9.17, 15) is 14.3 Å². The standard InChI is InChI=1S/C13H17FN2O3/c14-10-6-12(11(15)5-9(10)13(18)19)16-7-1-3-8(17)4-2-7/h5-8,16-17H,1-4,15H2,(H,18,19). The Bertz CT molecular complexity index is 485. The molecule has 19 heavy (non-hydrogen) atoms. The third-order valence-electron chi connectivity index (χ3n) is 3.43. The zero-order chi connectivity index (χ0) is 14.0. The molecule has 2 rings (SSSR count). The number of aliphatic hydroxyl groups excluding tert-OH is 1. The van der Waals surface area contributed by atoms with E-state index in [1.54, 1.807) is 0 Å². The smallest absolute Gasteiger partial charge is 0.338 e. The van der Waals surface area contributed by atoms with E-state index in [2.05, 4.69) is 5.32 Å². The van der Waals surface area contributed by atoms with Gasteiger partial charge in [-0.1, -0.05) is 0 Å². The molecule has 0 aliphatic heterocycles. The van der Waals surface area contributed by atoms with Crippen LogP contribution in [0.25, 0.3) is 0 Å². The number of rotatable bonds is 3. The fraction of sp³-hybridized carbons (Fsp3) is 0.462. The largest absolute Gasteiger partial charge is 0.478 e. The topological polar surface area (TPSA) is 95.6 Å². The summed E-state index contributed by atoms with van der Waals surface area (Å²) in [6.45, 7) is 0. The Labute approximate surface area is 110 Å². The maximum atomic E-state index is 13.6. The van der Waals surface area contributed by atoms with E-state index in [1.807, 2.05) is 0 Å². The number of aromatic carboxylic acids is 1. The Morgan fingerprint density at radius 1 is 1.32 bits per heavy atom. The van der Waals surface area contributed by atoms with Crippen LogP contribution >= 0.6 is 0 Å². The molecule has 6 heteroatoms. The predicted molar refractivity (Wildman–Crippen MR) is 69.7 cm³/mol. The first kappa shape index (κ1) is 13.6. The molecule has 0 aromatic heterocycles. The SMILES string of the molecule is Nc1cc(C(=O)O)c(F)cc1NC1CCC(O)CC1. The minimum atomic E-state index is -1.34. The van der Waals surface area contributed by atoms with E-state index >= 15 is 0 Å². The summed E-state index contributed by atoms with van der Waals surface area (Å²) in [4.78, 5) is 10.8. The van der Waals surface area contributed by atoms with Gasteiger partial charge in [-0.25, -0.2) is 9.18 Å². The van der Waals surface area contributed by atoms with E-state index in [0.717, 1.165) is 25.0 Å². The summed E-state index contributed by atoms with van der Waals surface area (Å²) in [5.41, 5.74) is 5.92. The molecule has 1 aromatic carbocycles. The van der Waals surface area contributed by atoms with Crippen molar-refractivity contribution in [2.75, 3.05) is 11.1 Å². The van der Waals surface area contributed by atoms with Gasteiger partial charge in [0.05, 0.1) is 23.0 Å². The number of nitrogens with one attached hydrogen (secondary N) is 1. The van der Waals surface area contributed by atoms with E-state index in [-0.39, 0.29) is 17.8 Å². The summed E-state index contributed by atoms with van der Waals surface area (Å²) in [6.07, 6.45) is 2.70. The van der Waals surface area contributed by atoms with Crippen molar-refractivity contribution >= 4 is 17.3 Å². The Balaban J connectivity index is 2.13. The van der Waals surface area contributed by atoms with Crippen LogP contribution in [0.5, 0.6) is 0 Å². The van der Waals surface area contributed by atoms with Crippen LogP contribution in [0, 0.1) is 5.82 Å². The van der Waals surface area contributed by atoms with E-state index in [1.165, 1.54) is 0 Å². The first-order valence-corrected chi connectivity index (χ1v) is 6.24. The highest BCUT2D eigenvalue weighted by atomic mass is 19.1. The fourth-order valence-electron chi connectivity index (χ4n) is 2.32. The average Bonchev–Trinajstić information content (AvgIpc) is 2.35. The summed E-state index contributed by atoms with van der Waals surface area (Å²) in [5, 5.41) is 21.3. The number of hydrogen-bond donors (Lipinski definition) is 4. The molecule has 0 spiro atoms. The number of hydrogen-bond acceptors (Lipinski definition) is 4. The number of benzene rings is 1. The van der Waals surface area contributed by atoms with Gasteiger partial charge in [0.2, 0.25) is 0 Å². The van der Waals surface area contributed by atoms with Crippen molar-refractivity contribution in [3.63, 3.8) is 0 Å². The van der Waals surface area contributed by atoms with Crippen molar-refractivity contribution in [2.24, 2.45) is 0 Å². The Morgan fingerprint density at radius 3 is 2.53 bits per heavy atom. The summed E-state index contributed by atoms with van der Waals surface area (Å²) in [5.74, 6) is -2.14. The Kier molecular flexibility index (Phi) is 3.90. The number of carboxylic acids is 1. The number of carbonyl (C=O) groups is 1. The maximum absolute atomic E-state index is 13.6. The predicted octanol–water partition coefficient (Wildman–Crippen LogP) is 1.82. The minimum absolute atomic E-state index is 0.126. The number of anilines is 2. The van der Waals surface area contributed by atoms with Gasteiger partial charge < -0.3 is 21.3 Å². The van der Waals surface area contributed by atoms with E-state index in [0.29, 0.717) is 18.5 Å². The first-order valence-electron chi connectivity index (χ1n) is 6.24. The second-order valence-electron chi connectivity index (χ2n) is 4.87. The summed E-state index contributed by atoms with van der Waals surface area (Å²) < 4.78 is 13.6. The van der Waals surface area contributed by atoms with Crippen LogP contribution in [-0.4, -0.2) is 28.3 Å². The molecule has 1 aliphatic carbocycles. The van der Waals surface area contributed by atoms with Gasteiger partial charge in [0.25, 0.3) is 0 Å². The van der Waals surface area contributed by atoms with Gasteiger partial charge in [0.15, 0.2) is 0 Å². The Hall–Kier alpha value is -1.82. The number of halogens is 1. The molecule has 5 nitrogen and oxygen atoms in total.